The zero-order chi connectivity index (χ0) is 13.2. The number of hydrogen-bond donors (Lipinski definition) is 0. The van der Waals surface area contributed by atoms with Crippen LogP contribution < -0.4 is 4.90 Å². The lowest BCUT2D eigenvalue weighted by molar-refractivity contribution is -0.137. The summed E-state index contributed by atoms with van der Waals surface area (Å²) >= 11 is 0. The molecule has 0 aromatic heterocycles. The Morgan fingerprint density at radius 1 is 1.11 bits per heavy atom. The molecule has 0 atom stereocenters. The maximum atomic E-state index is 12.7. The predicted molar refractivity (Wildman–Crippen MR) is 65.4 cm³/mol. The van der Waals surface area contributed by atoms with Crippen molar-refractivity contribution < 1.29 is 13.2 Å². The van der Waals surface area contributed by atoms with Crippen LogP contribution in [0.2, 0.25) is 0 Å². The van der Waals surface area contributed by atoms with E-state index in [1.54, 1.807) is 0 Å². The van der Waals surface area contributed by atoms with E-state index in [1.165, 1.54) is 12.1 Å². The van der Waals surface area contributed by atoms with Crippen molar-refractivity contribution in [3.05, 3.63) is 29.3 Å². The molecule has 1 nitrogen and oxygen atoms in total. The third-order valence-corrected chi connectivity index (χ3v) is 3.18. The minimum atomic E-state index is -4.32. The molecule has 0 N–H and O–H groups in total. The number of benzene rings is 1. The number of halogens is 3. The Morgan fingerprint density at radius 3 is 2.33 bits per heavy atom. The summed E-state index contributed by atoms with van der Waals surface area (Å²) in [5.41, 5.74) is 0.430. The third kappa shape index (κ3) is 2.61. The average molecular weight is 253 g/mol. The molecule has 1 heterocycles. The largest absolute Gasteiger partial charge is 0.416 e. The van der Waals surface area contributed by atoms with Gasteiger partial charge in [-0.2, -0.15) is 13.2 Å². The molecule has 0 spiro atoms. The van der Waals surface area contributed by atoms with Crippen molar-refractivity contribution in [2.45, 2.75) is 25.4 Å². The minimum absolute atomic E-state index is 0.532. The fourth-order valence-corrected chi connectivity index (χ4v) is 2.23. The van der Waals surface area contributed by atoms with Crippen molar-refractivity contribution in [1.29, 1.82) is 0 Å². The molecule has 1 aromatic carbocycles. The van der Waals surface area contributed by atoms with E-state index in [0.29, 0.717) is 11.3 Å². The van der Waals surface area contributed by atoms with E-state index in [0.717, 1.165) is 38.4 Å². The fraction of sp³-hybridized carbons (Fsp3) is 0.429. The van der Waals surface area contributed by atoms with Crippen LogP contribution >= 0.6 is 0 Å². The predicted octanol–water partition coefficient (Wildman–Crippen LogP) is 3.68. The lowest BCUT2D eigenvalue weighted by Crippen LogP contribution is -2.30. The van der Waals surface area contributed by atoms with E-state index in [9.17, 15) is 13.2 Å². The highest BCUT2D eigenvalue weighted by atomic mass is 19.4. The van der Waals surface area contributed by atoms with E-state index in [1.807, 2.05) is 4.90 Å². The van der Waals surface area contributed by atoms with Crippen molar-refractivity contribution in [1.82, 2.24) is 0 Å². The average Bonchev–Trinajstić information content (AvgIpc) is 2.38. The van der Waals surface area contributed by atoms with Crippen LogP contribution in [-0.4, -0.2) is 13.1 Å². The van der Waals surface area contributed by atoms with E-state index < -0.39 is 11.7 Å². The van der Waals surface area contributed by atoms with Crippen LogP contribution in [0.3, 0.4) is 0 Å². The van der Waals surface area contributed by atoms with Crippen molar-refractivity contribution in [2.75, 3.05) is 18.0 Å². The molecule has 1 aromatic rings. The minimum Gasteiger partial charge on any atom is -0.371 e. The van der Waals surface area contributed by atoms with Crippen LogP contribution in [0, 0.1) is 12.3 Å². The van der Waals surface area contributed by atoms with Gasteiger partial charge in [0, 0.05) is 18.7 Å². The van der Waals surface area contributed by atoms with Gasteiger partial charge < -0.3 is 4.90 Å². The van der Waals surface area contributed by atoms with Crippen molar-refractivity contribution >= 4 is 5.69 Å². The molecule has 0 amide bonds. The van der Waals surface area contributed by atoms with Crippen LogP contribution in [0.4, 0.5) is 18.9 Å². The summed E-state index contributed by atoms with van der Waals surface area (Å²) in [6.07, 6.45) is 4.16. The SMILES string of the molecule is C#Cc1ccc(C(F)(F)F)cc1N1CCCCC1. The molecule has 1 fully saturated rings. The Labute approximate surface area is 105 Å². The van der Waals surface area contributed by atoms with Gasteiger partial charge in [-0.3, -0.25) is 0 Å². The van der Waals surface area contributed by atoms with Crippen LogP contribution in [0.15, 0.2) is 18.2 Å². The molecular formula is C14H14F3N. The smallest absolute Gasteiger partial charge is 0.371 e. The highest BCUT2D eigenvalue weighted by molar-refractivity contribution is 5.62. The molecule has 0 aliphatic carbocycles. The molecule has 1 saturated heterocycles. The first kappa shape index (κ1) is 12.8. The summed E-state index contributed by atoms with van der Waals surface area (Å²) in [6, 6.07) is 3.59. The van der Waals surface area contributed by atoms with E-state index in [2.05, 4.69) is 5.92 Å². The zero-order valence-corrected chi connectivity index (χ0v) is 9.93. The molecule has 96 valence electrons. The van der Waals surface area contributed by atoms with Crippen molar-refractivity contribution in [3.63, 3.8) is 0 Å². The van der Waals surface area contributed by atoms with Gasteiger partial charge in [0.1, 0.15) is 0 Å². The Hall–Kier alpha value is -1.63. The quantitative estimate of drug-likeness (QED) is 0.690. The monoisotopic (exact) mass is 253 g/mol. The van der Waals surface area contributed by atoms with E-state index in [4.69, 9.17) is 6.42 Å². The number of rotatable bonds is 1. The first-order valence-electron chi connectivity index (χ1n) is 5.95. The zero-order valence-electron chi connectivity index (χ0n) is 9.93. The number of anilines is 1. The molecule has 0 unspecified atom stereocenters. The van der Waals surface area contributed by atoms with Gasteiger partial charge in [-0.25, -0.2) is 0 Å². The highest BCUT2D eigenvalue weighted by Gasteiger charge is 2.31. The number of alkyl halides is 3. The lowest BCUT2D eigenvalue weighted by atomic mass is 10.0. The van der Waals surface area contributed by atoms with Gasteiger partial charge in [0.15, 0.2) is 0 Å². The molecule has 1 aliphatic rings. The highest BCUT2D eigenvalue weighted by Crippen LogP contribution is 2.34. The molecule has 18 heavy (non-hydrogen) atoms. The van der Waals surface area contributed by atoms with Gasteiger partial charge in [0.25, 0.3) is 0 Å². The van der Waals surface area contributed by atoms with Crippen LogP contribution in [0.5, 0.6) is 0 Å². The summed E-state index contributed by atoms with van der Waals surface area (Å²) in [4.78, 5) is 1.95. The number of hydrogen-bond acceptors (Lipinski definition) is 1. The van der Waals surface area contributed by atoms with Crippen LogP contribution in [0.25, 0.3) is 0 Å². The summed E-state index contributed by atoms with van der Waals surface area (Å²) in [7, 11) is 0. The van der Waals surface area contributed by atoms with Gasteiger partial charge >= 0.3 is 6.18 Å². The Morgan fingerprint density at radius 2 is 1.78 bits per heavy atom. The van der Waals surface area contributed by atoms with Gasteiger partial charge in [0.2, 0.25) is 0 Å². The van der Waals surface area contributed by atoms with Crippen LogP contribution in [-0.2, 0) is 6.18 Å². The maximum Gasteiger partial charge on any atom is 0.416 e. The van der Waals surface area contributed by atoms with Crippen LogP contribution in [0.1, 0.15) is 30.4 Å². The molecule has 0 bridgehead atoms. The third-order valence-electron chi connectivity index (χ3n) is 3.18. The van der Waals surface area contributed by atoms with Gasteiger partial charge in [0.05, 0.1) is 11.3 Å². The fourth-order valence-electron chi connectivity index (χ4n) is 2.23. The van der Waals surface area contributed by atoms with Gasteiger partial charge in [-0.15, -0.1) is 6.42 Å². The standard InChI is InChI=1S/C14H14F3N/c1-2-11-6-7-12(14(15,16)17)10-13(11)18-8-4-3-5-9-18/h1,6-7,10H,3-5,8-9H2. The number of nitrogens with zero attached hydrogens (tertiary/aromatic N) is 1. The lowest BCUT2D eigenvalue weighted by Gasteiger charge is -2.30. The summed E-state index contributed by atoms with van der Waals surface area (Å²) in [5.74, 6) is 2.46. The first-order chi connectivity index (χ1) is 8.52. The molecule has 4 heteroatoms. The second-order valence-electron chi connectivity index (χ2n) is 4.42. The molecular weight excluding hydrogens is 239 g/mol. The van der Waals surface area contributed by atoms with Gasteiger partial charge in [-0.05, 0) is 37.5 Å². The van der Waals surface area contributed by atoms with E-state index in [-0.39, 0.29) is 0 Å². The van der Waals surface area contributed by atoms with Crippen molar-refractivity contribution in [3.8, 4) is 12.3 Å². The first-order valence-corrected chi connectivity index (χ1v) is 5.95. The molecule has 1 aliphatic heterocycles. The summed E-state index contributed by atoms with van der Waals surface area (Å²) < 4.78 is 38.1. The Balaban J connectivity index is 2.39. The summed E-state index contributed by atoms with van der Waals surface area (Å²) in [5, 5.41) is 0. The van der Waals surface area contributed by atoms with E-state index >= 15 is 0 Å². The van der Waals surface area contributed by atoms with Crippen molar-refractivity contribution in [2.24, 2.45) is 0 Å². The Bertz CT molecular complexity index is 465. The number of piperidine rings is 1. The second-order valence-corrected chi connectivity index (χ2v) is 4.42. The summed E-state index contributed by atoms with van der Waals surface area (Å²) in [6.45, 7) is 1.55. The molecule has 2 rings (SSSR count). The normalized spacial score (nSPS) is 16.4. The topological polar surface area (TPSA) is 3.24 Å². The van der Waals surface area contributed by atoms with Gasteiger partial charge in [-0.1, -0.05) is 5.92 Å². The number of terminal acetylenes is 1. The Kier molecular flexibility index (Phi) is 3.51. The molecule has 0 saturated carbocycles. The second kappa shape index (κ2) is 4.93. The maximum absolute atomic E-state index is 12.7. The molecule has 0 radical (unpaired) electrons.